The molecule has 0 saturated heterocycles. The van der Waals surface area contributed by atoms with Crippen molar-refractivity contribution in [3.63, 3.8) is 0 Å². The number of fused-ring (bicyclic) bond motifs is 1. The van der Waals surface area contributed by atoms with Crippen LogP contribution in [0.3, 0.4) is 0 Å². The van der Waals surface area contributed by atoms with Crippen LogP contribution >= 0.6 is 0 Å². The van der Waals surface area contributed by atoms with Crippen molar-refractivity contribution >= 4 is 23.3 Å². The fourth-order valence-electron chi connectivity index (χ4n) is 2.94. The maximum absolute atomic E-state index is 12.4. The Morgan fingerprint density at radius 2 is 1.72 bits per heavy atom. The third-order valence-electron chi connectivity index (χ3n) is 4.31. The smallest absolute Gasteiger partial charge is 0.328 e. The standard InChI is InChI=1S/C20H19NO4/c1-4-25-20(24)13(3)21-17-10-9-15(11-16(17)18(22)19(21)23)14-7-5-12(2)6-8-14/h5-11,13H,4H2,1-3H3. The second kappa shape index (κ2) is 6.51. The number of rotatable bonds is 4. The van der Waals surface area contributed by atoms with Gasteiger partial charge in [-0.25, -0.2) is 4.79 Å². The Kier molecular flexibility index (Phi) is 4.40. The molecule has 0 fully saturated rings. The molecule has 1 aliphatic heterocycles. The molecule has 0 spiro atoms. The highest BCUT2D eigenvalue weighted by Gasteiger charge is 2.41. The Morgan fingerprint density at radius 1 is 1.08 bits per heavy atom. The van der Waals surface area contributed by atoms with E-state index in [0.29, 0.717) is 11.3 Å². The maximum atomic E-state index is 12.4. The van der Waals surface area contributed by atoms with Gasteiger partial charge in [0, 0.05) is 0 Å². The quantitative estimate of drug-likeness (QED) is 0.635. The summed E-state index contributed by atoms with van der Waals surface area (Å²) in [4.78, 5) is 38.0. The van der Waals surface area contributed by atoms with E-state index in [2.05, 4.69) is 0 Å². The van der Waals surface area contributed by atoms with E-state index in [1.54, 1.807) is 26.0 Å². The highest BCUT2D eigenvalue weighted by atomic mass is 16.5. The molecule has 0 saturated carbocycles. The van der Waals surface area contributed by atoms with Gasteiger partial charge >= 0.3 is 5.97 Å². The van der Waals surface area contributed by atoms with Crippen LogP contribution in [0.4, 0.5) is 5.69 Å². The van der Waals surface area contributed by atoms with Crippen LogP contribution in [0, 0.1) is 6.92 Å². The number of esters is 1. The molecule has 1 aliphatic rings. The summed E-state index contributed by atoms with van der Waals surface area (Å²) in [7, 11) is 0. The van der Waals surface area contributed by atoms with Gasteiger partial charge in [-0.15, -0.1) is 0 Å². The van der Waals surface area contributed by atoms with Gasteiger partial charge < -0.3 is 4.74 Å². The number of benzene rings is 2. The molecule has 1 atom stereocenters. The number of anilines is 1. The van der Waals surface area contributed by atoms with Gasteiger partial charge in [-0.1, -0.05) is 35.9 Å². The zero-order valence-electron chi connectivity index (χ0n) is 14.4. The molecule has 2 aromatic carbocycles. The molecule has 3 rings (SSSR count). The van der Waals surface area contributed by atoms with Gasteiger partial charge in [0.25, 0.3) is 11.7 Å². The van der Waals surface area contributed by atoms with E-state index >= 15 is 0 Å². The topological polar surface area (TPSA) is 63.7 Å². The molecule has 1 amide bonds. The van der Waals surface area contributed by atoms with Crippen molar-refractivity contribution in [1.29, 1.82) is 0 Å². The van der Waals surface area contributed by atoms with E-state index in [1.165, 1.54) is 4.90 Å². The van der Waals surface area contributed by atoms with Crippen molar-refractivity contribution in [2.24, 2.45) is 0 Å². The third-order valence-corrected chi connectivity index (χ3v) is 4.31. The minimum absolute atomic E-state index is 0.221. The normalized spacial score (nSPS) is 14.4. The molecule has 1 unspecified atom stereocenters. The van der Waals surface area contributed by atoms with Crippen LogP contribution < -0.4 is 4.90 Å². The number of ketones is 1. The lowest BCUT2D eigenvalue weighted by atomic mass is 10.0. The zero-order chi connectivity index (χ0) is 18.1. The zero-order valence-corrected chi connectivity index (χ0v) is 14.4. The number of amides is 1. The summed E-state index contributed by atoms with van der Waals surface area (Å²) in [6, 6.07) is 12.3. The highest BCUT2D eigenvalue weighted by molar-refractivity contribution is 6.52. The summed E-state index contributed by atoms with van der Waals surface area (Å²) in [5.41, 5.74) is 3.73. The minimum atomic E-state index is -0.845. The predicted octanol–water partition coefficient (Wildman–Crippen LogP) is 3.14. The van der Waals surface area contributed by atoms with Crippen LogP contribution in [0.1, 0.15) is 29.8 Å². The van der Waals surface area contributed by atoms with E-state index in [1.807, 2.05) is 37.3 Å². The molecule has 5 nitrogen and oxygen atoms in total. The van der Waals surface area contributed by atoms with Gasteiger partial charge in [0.1, 0.15) is 6.04 Å². The largest absolute Gasteiger partial charge is 0.464 e. The molecule has 0 aliphatic carbocycles. The van der Waals surface area contributed by atoms with Gasteiger partial charge in [-0.05, 0) is 44.0 Å². The maximum Gasteiger partial charge on any atom is 0.328 e. The molecule has 2 aromatic rings. The summed E-state index contributed by atoms with van der Waals surface area (Å²) in [5, 5.41) is 0. The number of Topliss-reactive ketones (excluding diaryl/α,β-unsaturated/α-hetero) is 1. The first kappa shape index (κ1) is 16.9. The van der Waals surface area contributed by atoms with Crippen LogP contribution in [-0.4, -0.2) is 30.3 Å². The summed E-state index contributed by atoms with van der Waals surface area (Å²) in [5.74, 6) is -1.82. The van der Waals surface area contributed by atoms with Gasteiger partial charge in [-0.2, -0.15) is 0 Å². The van der Waals surface area contributed by atoms with Crippen molar-refractivity contribution in [1.82, 2.24) is 0 Å². The van der Waals surface area contributed by atoms with Gasteiger partial charge in [0.15, 0.2) is 0 Å². The fourth-order valence-corrected chi connectivity index (χ4v) is 2.94. The lowest BCUT2D eigenvalue weighted by Crippen LogP contribution is -2.43. The van der Waals surface area contributed by atoms with E-state index in [4.69, 9.17) is 4.74 Å². The van der Waals surface area contributed by atoms with E-state index in [-0.39, 0.29) is 6.61 Å². The summed E-state index contributed by atoms with van der Waals surface area (Å²) >= 11 is 0. The predicted molar refractivity (Wildman–Crippen MR) is 94.5 cm³/mol. The van der Waals surface area contributed by atoms with Crippen molar-refractivity contribution in [3.8, 4) is 11.1 Å². The molecular formula is C20H19NO4. The number of nitrogens with zero attached hydrogens (tertiary/aromatic N) is 1. The number of ether oxygens (including phenoxy) is 1. The molecular weight excluding hydrogens is 318 g/mol. The first-order valence-electron chi connectivity index (χ1n) is 8.19. The van der Waals surface area contributed by atoms with Crippen molar-refractivity contribution in [2.45, 2.75) is 26.8 Å². The molecule has 1 heterocycles. The molecule has 0 aromatic heterocycles. The second-order valence-corrected chi connectivity index (χ2v) is 6.03. The lowest BCUT2D eigenvalue weighted by molar-refractivity contribution is -0.145. The van der Waals surface area contributed by atoms with E-state index in [0.717, 1.165) is 16.7 Å². The lowest BCUT2D eigenvalue weighted by Gasteiger charge is -2.22. The Bertz CT molecular complexity index is 854. The molecule has 128 valence electrons. The molecule has 0 radical (unpaired) electrons. The fraction of sp³-hybridized carbons (Fsp3) is 0.250. The third kappa shape index (κ3) is 2.93. The molecule has 25 heavy (non-hydrogen) atoms. The summed E-state index contributed by atoms with van der Waals surface area (Å²) < 4.78 is 4.97. The van der Waals surface area contributed by atoms with Crippen LogP contribution in [0.15, 0.2) is 42.5 Å². The average molecular weight is 337 g/mol. The molecule has 0 N–H and O–H groups in total. The SMILES string of the molecule is CCOC(=O)C(C)N1C(=O)C(=O)c2cc(-c3ccc(C)cc3)ccc21. The Hall–Kier alpha value is -2.95. The first-order chi connectivity index (χ1) is 11.9. The van der Waals surface area contributed by atoms with Crippen molar-refractivity contribution < 1.29 is 19.1 Å². The Morgan fingerprint density at radius 3 is 2.36 bits per heavy atom. The number of aryl methyl sites for hydroxylation is 1. The van der Waals surface area contributed by atoms with Crippen molar-refractivity contribution in [2.75, 3.05) is 11.5 Å². The highest BCUT2D eigenvalue weighted by Crippen LogP contribution is 2.34. The van der Waals surface area contributed by atoms with Gasteiger partial charge in [0.05, 0.1) is 17.9 Å². The summed E-state index contributed by atoms with van der Waals surface area (Å²) in [6.45, 7) is 5.48. The number of carbonyl (C=O) groups is 3. The van der Waals surface area contributed by atoms with Crippen LogP contribution in [-0.2, 0) is 14.3 Å². The molecule has 0 bridgehead atoms. The monoisotopic (exact) mass is 337 g/mol. The number of carbonyl (C=O) groups excluding carboxylic acids is 3. The first-order valence-corrected chi connectivity index (χ1v) is 8.19. The Labute approximate surface area is 146 Å². The van der Waals surface area contributed by atoms with E-state index in [9.17, 15) is 14.4 Å². The van der Waals surface area contributed by atoms with Crippen LogP contribution in [0.5, 0.6) is 0 Å². The van der Waals surface area contributed by atoms with Crippen molar-refractivity contribution in [3.05, 3.63) is 53.6 Å². The minimum Gasteiger partial charge on any atom is -0.464 e. The average Bonchev–Trinajstić information content (AvgIpc) is 2.86. The van der Waals surface area contributed by atoms with Crippen LogP contribution in [0.25, 0.3) is 11.1 Å². The van der Waals surface area contributed by atoms with Gasteiger partial charge in [0.2, 0.25) is 0 Å². The van der Waals surface area contributed by atoms with E-state index < -0.39 is 23.7 Å². The molecule has 5 heteroatoms. The number of hydrogen-bond acceptors (Lipinski definition) is 4. The number of hydrogen-bond donors (Lipinski definition) is 0. The summed E-state index contributed by atoms with van der Waals surface area (Å²) in [6.07, 6.45) is 0. The van der Waals surface area contributed by atoms with Crippen LogP contribution in [0.2, 0.25) is 0 Å². The van der Waals surface area contributed by atoms with Gasteiger partial charge in [-0.3, -0.25) is 14.5 Å². The Balaban J connectivity index is 2.00. The second-order valence-electron chi connectivity index (χ2n) is 6.03.